The van der Waals surface area contributed by atoms with Gasteiger partial charge < -0.3 is 14.2 Å². The average molecular weight is 996 g/mol. The van der Waals surface area contributed by atoms with E-state index in [1.807, 2.05) is 0 Å². The normalized spacial score (nSPS) is 12.3. The van der Waals surface area contributed by atoms with Crippen molar-refractivity contribution in [2.45, 2.75) is 335 Å². The highest BCUT2D eigenvalue weighted by Crippen LogP contribution is 2.17. The molecule has 6 heteroatoms. The Hall–Kier alpha value is -2.63. The first kappa shape index (κ1) is 68.4. The maximum atomic E-state index is 12.9. The summed E-state index contributed by atoms with van der Waals surface area (Å²) in [5, 5.41) is 0. The summed E-state index contributed by atoms with van der Waals surface area (Å²) in [7, 11) is 0. The van der Waals surface area contributed by atoms with Crippen LogP contribution >= 0.6 is 0 Å². The number of esters is 3. The highest BCUT2D eigenvalue weighted by Gasteiger charge is 2.19. The molecule has 0 fully saturated rings. The maximum Gasteiger partial charge on any atom is 0.306 e. The number of hydrogen-bond donors (Lipinski definition) is 0. The van der Waals surface area contributed by atoms with Gasteiger partial charge in [-0.3, -0.25) is 14.4 Å². The second kappa shape index (κ2) is 59.9. The molecule has 0 aromatic heterocycles. The Bertz CT molecular complexity index is 1230. The molecular weight excluding hydrogens is 877 g/mol. The van der Waals surface area contributed by atoms with Crippen molar-refractivity contribution in [1.82, 2.24) is 0 Å². The molecule has 0 heterocycles. The Morgan fingerprint density at radius 1 is 0.282 bits per heavy atom. The number of carbonyl (C=O) groups excluding carboxylic acids is 3. The SMILES string of the molecule is CCCCC/C=C\C/C=C\C/C=C\CCCCCCC(=O)OC[C@H](COC(=O)CCCCCCCCCCCCCCCCCCCCCCC)OC(=O)CCCCCCCCC/C=C\CCCCCC. The number of ether oxygens (including phenoxy) is 3. The van der Waals surface area contributed by atoms with Crippen molar-refractivity contribution < 1.29 is 28.6 Å². The van der Waals surface area contributed by atoms with Crippen LogP contribution in [0.25, 0.3) is 0 Å². The van der Waals surface area contributed by atoms with Gasteiger partial charge in [0.05, 0.1) is 0 Å². The fourth-order valence-corrected chi connectivity index (χ4v) is 9.09. The van der Waals surface area contributed by atoms with Crippen molar-refractivity contribution in [3.8, 4) is 0 Å². The van der Waals surface area contributed by atoms with Crippen LogP contribution in [0.15, 0.2) is 48.6 Å². The Morgan fingerprint density at radius 2 is 0.507 bits per heavy atom. The van der Waals surface area contributed by atoms with Crippen LogP contribution < -0.4 is 0 Å². The molecule has 1 atom stereocenters. The van der Waals surface area contributed by atoms with Crippen molar-refractivity contribution in [3.05, 3.63) is 48.6 Å². The highest BCUT2D eigenvalue weighted by atomic mass is 16.6. The molecule has 0 N–H and O–H groups in total. The molecule has 6 nitrogen and oxygen atoms in total. The fraction of sp³-hybridized carbons (Fsp3) is 0.831. The van der Waals surface area contributed by atoms with Gasteiger partial charge in [-0.1, -0.05) is 275 Å². The Kier molecular flexibility index (Phi) is 57.7. The van der Waals surface area contributed by atoms with Crippen LogP contribution in [0.1, 0.15) is 329 Å². The molecule has 0 amide bonds. The van der Waals surface area contributed by atoms with Crippen LogP contribution in [0.2, 0.25) is 0 Å². The van der Waals surface area contributed by atoms with Gasteiger partial charge in [-0.05, 0) is 83.5 Å². The van der Waals surface area contributed by atoms with Crippen LogP contribution in [-0.2, 0) is 28.6 Å². The molecule has 0 aromatic rings. The minimum Gasteiger partial charge on any atom is -0.462 e. The van der Waals surface area contributed by atoms with Crippen LogP contribution in [0.4, 0.5) is 0 Å². The van der Waals surface area contributed by atoms with Gasteiger partial charge in [-0.15, -0.1) is 0 Å². The summed E-state index contributed by atoms with van der Waals surface area (Å²) in [4.78, 5) is 38.3. The van der Waals surface area contributed by atoms with Crippen molar-refractivity contribution >= 4 is 17.9 Å². The van der Waals surface area contributed by atoms with E-state index in [-0.39, 0.29) is 31.1 Å². The third-order valence-corrected chi connectivity index (χ3v) is 13.8. The van der Waals surface area contributed by atoms with E-state index in [1.54, 1.807) is 0 Å². The summed E-state index contributed by atoms with van der Waals surface area (Å²) in [6, 6.07) is 0. The zero-order valence-corrected chi connectivity index (χ0v) is 47.5. The molecule has 71 heavy (non-hydrogen) atoms. The summed E-state index contributed by atoms with van der Waals surface area (Å²) < 4.78 is 16.9. The van der Waals surface area contributed by atoms with E-state index in [0.29, 0.717) is 19.3 Å². The third-order valence-electron chi connectivity index (χ3n) is 13.8. The van der Waals surface area contributed by atoms with Crippen LogP contribution in [0, 0.1) is 0 Å². The van der Waals surface area contributed by atoms with E-state index >= 15 is 0 Å². The first-order valence-corrected chi connectivity index (χ1v) is 31.1. The van der Waals surface area contributed by atoms with Gasteiger partial charge in [0.25, 0.3) is 0 Å². The minimum absolute atomic E-state index is 0.0787. The fourth-order valence-electron chi connectivity index (χ4n) is 9.09. The monoisotopic (exact) mass is 995 g/mol. The summed E-state index contributed by atoms with van der Waals surface area (Å²) in [5.74, 6) is -0.887. The van der Waals surface area contributed by atoms with E-state index in [1.165, 1.54) is 205 Å². The van der Waals surface area contributed by atoms with E-state index in [2.05, 4.69) is 69.4 Å². The highest BCUT2D eigenvalue weighted by molar-refractivity contribution is 5.71. The third kappa shape index (κ3) is 58.1. The predicted octanol–water partition coefficient (Wildman–Crippen LogP) is 21.0. The molecule has 0 rings (SSSR count). The quantitative estimate of drug-likeness (QED) is 0.0261. The number of allylic oxidation sites excluding steroid dienone is 8. The second-order valence-corrected chi connectivity index (χ2v) is 21.0. The van der Waals surface area contributed by atoms with Gasteiger partial charge in [-0.2, -0.15) is 0 Å². The Labute approximate surface area is 441 Å². The second-order valence-electron chi connectivity index (χ2n) is 21.0. The minimum atomic E-state index is -0.783. The van der Waals surface area contributed by atoms with Crippen LogP contribution in [0.3, 0.4) is 0 Å². The van der Waals surface area contributed by atoms with Gasteiger partial charge in [0.2, 0.25) is 0 Å². The molecule has 0 aliphatic heterocycles. The molecule has 0 saturated heterocycles. The van der Waals surface area contributed by atoms with E-state index in [9.17, 15) is 14.4 Å². The number of unbranched alkanes of at least 4 members (excludes halogenated alkanes) is 38. The topological polar surface area (TPSA) is 78.9 Å². The lowest BCUT2D eigenvalue weighted by atomic mass is 10.0. The Balaban J connectivity index is 4.34. The summed E-state index contributed by atoms with van der Waals surface area (Å²) in [6.45, 7) is 6.63. The van der Waals surface area contributed by atoms with Gasteiger partial charge in [0.1, 0.15) is 13.2 Å². The standard InChI is InChI=1S/C65H118O6/c1-4-7-10-13-16-19-22-25-28-30-31-32-33-35-38-40-43-46-49-52-55-58-64(67)70-61-62(71-65(68)59-56-53-50-47-44-41-36-27-24-21-18-15-12-9-6-3)60-69-63(66)57-54-51-48-45-42-39-37-34-29-26-23-20-17-14-11-8-5-2/h17,20-21,24,26,29,37,39,62H,4-16,18-19,22-23,25,27-28,30-36,38,40-61H2,1-3H3/b20-17-,24-21-,29-26-,39-37-/t62-/m1/s1. The predicted molar refractivity (Wildman–Crippen MR) is 307 cm³/mol. The molecule has 0 aliphatic carbocycles. The van der Waals surface area contributed by atoms with Crippen molar-refractivity contribution in [2.24, 2.45) is 0 Å². The smallest absolute Gasteiger partial charge is 0.306 e. The lowest BCUT2D eigenvalue weighted by Gasteiger charge is -2.18. The molecular formula is C65H118O6. The summed E-state index contributed by atoms with van der Waals surface area (Å²) in [6.07, 6.45) is 73.9. The average Bonchev–Trinajstić information content (AvgIpc) is 3.37. The van der Waals surface area contributed by atoms with E-state index in [4.69, 9.17) is 14.2 Å². The van der Waals surface area contributed by atoms with Crippen molar-refractivity contribution in [1.29, 1.82) is 0 Å². The lowest BCUT2D eigenvalue weighted by molar-refractivity contribution is -0.167. The zero-order chi connectivity index (χ0) is 51.4. The van der Waals surface area contributed by atoms with Crippen LogP contribution in [0.5, 0.6) is 0 Å². The number of rotatable bonds is 57. The van der Waals surface area contributed by atoms with Gasteiger partial charge in [0, 0.05) is 19.3 Å². The van der Waals surface area contributed by atoms with E-state index in [0.717, 1.165) is 83.5 Å². The van der Waals surface area contributed by atoms with E-state index < -0.39 is 6.10 Å². The summed E-state index contributed by atoms with van der Waals surface area (Å²) >= 11 is 0. The molecule has 0 unspecified atom stereocenters. The Morgan fingerprint density at radius 3 is 0.845 bits per heavy atom. The molecule has 0 saturated carbocycles. The van der Waals surface area contributed by atoms with Gasteiger partial charge >= 0.3 is 17.9 Å². The first-order valence-electron chi connectivity index (χ1n) is 31.1. The molecule has 0 spiro atoms. The van der Waals surface area contributed by atoms with Gasteiger partial charge in [0.15, 0.2) is 6.10 Å². The molecule has 0 aromatic carbocycles. The molecule has 0 bridgehead atoms. The van der Waals surface area contributed by atoms with Crippen LogP contribution in [-0.4, -0.2) is 37.2 Å². The molecule has 414 valence electrons. The number of hydrogen-bond acceptors (Lipinski definition) is 6. The zero-order valence-electron chi connectivity index (χ0n) is 47.5. The first-order chi connectivity index (χ1) is 35.0. The summed E-state index contributed by atoms with van der Waals surface area (Å²) in [5.41, 5.74) is 0. The largest absolute Gasteiger partial charge is 0.462 e. The maximum absolute atomic E-state index is 12.9. The molecule has 0 aliphatic rings. The molecule has 0 radical (unpaired) electrons. The van der Waals surface area contributed by atoms with Crippen molar-refractivity contribution in [3.63, 3.8) is 0 Å². The number of carbonyl (C=O) groups is 3. The van der Waals surface area contributed by atoms with Gasteiger partial charge in [-0.25, -0.2) is 0 Å². The lowest BCUT2D eigenvalue weighted by Crippen LogP contribution is -2.30. The van der Waals surface area contributed by atoms with Crippen molar-refractivity contribution in [2.75, 3.05) is 13.2 Å².